The van der Waals surface area contributed by atoms with Crippen molar-refractivity contribution in [1.82, 2.24) is 0 Å². The molecule has 0 atom stereocenters. The minimum atomic E-state index is -0.652. The van der Waals surface area contributed by atoms with Crippen LogP contribution in [0.2, 0.25) is 0 Å². The molecule has 18 heavy (non-hydrogen) atoms. The van der Waals surface area contributed by atoms with E-state index < -0.39 is 10.8 Å². The highest BCUT2D eigenvalue weighted by atomic mass is 16.2. The maximum atomic E-state index is 11.9. The predicted octanol–water partition coefficient (Wildman–Crippen LogP) is 2.21. The van der Waals surface area contributed by atoms with E-state index in [4.69, 9.17) is 11.5 Å². The lowest BCUT2D eigenvalue weighted by molar-refractivity contribution is -0.143. The van der Waals surface area contributed by atoms with Crippen molar-refractivity contribution in [1.29, 1.82) is 0 Å². The summed E-state index contributed by atoms with van der Waals surface area (Å²) < 4.78 is 0. The number of amides is 2. The Hall–Kier alpha value is -1.06. The first-order valence-electron chi connectivity index (χ1n) is 6.88. The van der Waals surface area contributed by atoms with Crippen LogP contribution in [0.4, 0.5) is 0 Å². The summed E-state index contributed by atoms with van der Waals surface area (Å²) in [4.78, 5) is 23.8. The van der Waals surface area contributed by atoms with Gasteiger partial charge in [0.1, 0.15) is 0 Å². The van der Waals surface area contributed by atoms with Gasteiger partial charge in [-0.1, -0.05) is 34.6 Å². The van der Waals surface area contributed by atoms with E-state index in [9.17, 15) is 9.59 Å². The van der Waals surface area contributed by atoms with Gasteiger partial charge in [-0.2, -0.15) is 0 Å². The van der Waals surface area contributed by atoms with Gasteiger partial charge in [-0.3, -0.25) is 9.59 Å². The van der Waals surface area contributed by atoms with Gasteiger partial charge in [-0.05, 0) is 31.6 Å². The topological polar surface area (TPSA) is 86.2 Å². The van der Waals surface area contributed by atoms with Crippen LogP contribution in [-0.4, -0.2) is 11.8 Å². The third-order valence-electron chi connectivity index (χ3n) is 5.16. The minimum absolute atomic E-state index is 0.148. The first-order valence-corrected chi connectivity index (χ1v) is 6.88. The van der Waals surface area contributed by atoms with Crippen LogP contribution in [0.1, 0.15) is 60.3 Å². The largest absolute Gasteiger partial charge is 0.369 e. The molecule has 4 nitrogen and oxygen atoms in total. The molecule has 0 aliphatic rings. The molecule has 0 heterocycles. The average molecular weight is 256 g/mol. The zero-order chi connectivity index (χ0) is 14.6. The zero-order valence-corrected chi connectivity index (χ0v) is 12.4. The van der Waals surface area contributed by atoms with Crippen molar-refractivity contribution >= 4 is 11.8 Å². The Morgan fingerprint density at radius 2 is 1.06 bits per heavy atom. The Morgan fingerprint density at radius 3 is 1.17 bits per heavy atom. The van der Waals surface area contributed by atoms with Crippen molar-refractivity contribution in [3.63, 3.8) is 0 Å². The number of hydrogen-bond donors (Lipinski definition) is 2. The van der Waals surface area contributed by atoms with E-state index in [2.05, 4.69) is 0 Å². The molecule has 0 aromatic carbocycles. The second-order valence-corrected chi connectivity index (χ2v) is 5.18. The lowest BCUT2D eigenvalue weighted by Gasteiger charge is -2.45. The summed E-state index contributed by atoms with van der Waals surface area (Å²) in [6, 6.07) is 0. The Balaban J connectivity index is 5.74. The Kier molecular flexibility index (Phi) is 5.84. The maximum absolute atomic E-state index is 11.9. The van der Waals surface area contributed by atoms with Crippen molar-refractivity contribution in [2.75, 3.05) is 0 Å². The van der Waals surface area contributed by atoms with Crippen LogP contribution in [0, 0.1) is 16.7 Å². The molecule has 0 saturated heterocycles. The molecule has 0 rings (SSSR count). The summed E-state index contributed by atoms with van der Waals surface area (Å²) in [5.74, 6) is -0.801. The van der Waals surface area contributed by atoms with Crippen molar-refractivity contribution in [2.24, 2.45) is 28.2 Å². The summed E-state index contributed by atoms with van der Waals surface area (Å²) >= 11 is 0. The molecule has 0 aromatic rings. The fraction of sp³-hybridized carbons (Fsp3) is 0.857. The highest BCUT2D eigenvalue weighted by Gasteiger charge is 2.51. The lowest BCUT2D eigenvalue weighted by Crippen LogP contribution is -2.53. The Morgan fingerprint density at radius 1 is 0.833 bits per heavy atom. The molecule has 0 aliphatic heterocycles. The highest BCUT2D eigenvalue weighted by Crippen LogP contribution is 2.48. The summed E-state index contributed by atoms with van der Waals surface area (Å²) in [5, 5.41) is 0. The minimum Gasteiger partial charge on any atom is -0.369 e. The van der Waals surface area contributed by atoms with Crippen molar-refractivity contribution in [3.8, 4) is 0 Å². The van der Waals surface area contributed by atoms with Crippen LogP contribution in [0.15, 0.2) is 0 Å². The molecular weight excluding hydrogens is 228 g/mol. The van der Waals surface area contributed by atoms with E-state index in [1.165, 1.54) is 0 Å². The molecule has 0 aromatic heterocycles. The number of primary amides is 2. The van der Waals surface area contributed by atoms with E-state index in [0.29, 0.717) is 25.7 Å². The number of rotatable bonds is 8. The molecule has 4 N–H and O–H groups in total. The van der Waals surface area contributed by atoms with Crippen molar-refractivity contribution in [2.45, 2.75) is 60.3 Å². The van der Waals surface area contributed by atoms with Crippen LogP contribution in [0.25, 0.3) is 0 Å². The fourth-order valence-corrected chi connectivity index (χ4v) is 3.38. The van der Waals surface area contributed by atoms with Crippen LogP contribution >= 0.6 is 0 Å². The van der Waals surface area contributed by atoms with Crippen molar-refractivity contribution in [3.05, 3.63) is 0 Å². The van der Waals surface area contributed by atoms with E-state index in [1.54, 1.807) is 0 Å². The van der Waals surface area contributed by atoms with Gasteiger partial charge in [0.05, 0.1) is 10.8 Å². The molecule has 4 heteroatoms. The lowest BCUT2D eigenvalue weighted by atomic mass is 9.57. The monoisotopic (exact) mass is 256 g/mol. The number of carbonyl (C=O) groups excluding carboxylic acids is 2. The molecule has 0 spiro atoms. The summed E-state index contributed by atoms with van der Waals surface area (Å²) in [6.07, 6.45) is 2.54. The molecule has 0 fully saturated rings. The van der Waals surface area contributed by atoms with Gasteiger partial charge in [0.15, 0.2) is 0 Å². The summed E-state index contributed by atoms with van der Waals surface area (Å²) in [6.45, 7) is 9.73. The SMILES string of the molecule is CCC(CC)(C(N)=O)C(C)C(CC)(CC)C(N)=O. The van der Waals surface area contributed by atoms with Crippen LogP contribution in [0.3, 0.4) is 0 Å². The van der Waals surface area contributed by atoms with Crippen LogP contribution < -0.4 is 11.5 Å². The van der Waals surface area contributed by atoms with Crippen LogP contribution in [0.5, 0.6) is 0 Å². The summed E-state index contributed by atoms with van der Waals surface area (Å²) in [7, 11) is 0. The van der Waals surface area contributed by atoms with Gasteiger partial charge >= 0.3 is 0 Å². The van der Waals surface area contributed by atoms with E-state index >= 15 is 0 Å². The van der Waals surface area contributed by atoms with E-state index in [1.807, 2.05) is 34.6 Å². The first kappa shape index (κ1) is 16.9. The molecule has 0 radical (unpaired) electrons. The quantitative estimate of drug-likeness (QED) is 0.697. The van der Waals surface area contributed by atoms with Gasteiger partial charge in [0.2, 0.25) is 11.8 Å². The van der Waals surface area contributed by atoms with E-state index in [-0.39, 0.29) is 17.7 Å². The number of nitrogens with two attached hydrogens (primary N) is 2. The smallest absolute Gasteiger partial charge is 0.223 e. The number of hydrogen-bond acceptors (Lipinski definition) is 2. The molecule has 0 saturated carbocycles. The Bertz CT molecular complexity index is 275. The third kappa shape index (κ3) is 2.38. The fourth-order valence-electron chi connectivity index (χ4n) is 3.38. The normalized spacial score (nSPS) is 12.8. The van der Waals surface area contributed by atoms with Crippen LogP contribution in [-0.2, 0) is 9.59 Å². The van der Waals surface area contributed by atoms with Gasteiger partial charge in [0.25, 0.3) is 0 Å². The summed E-state index contributed by atoms with van der Waals surface area (Å²) in [5.41, 5.74) is 9.91. The standard InChI is InChI=1S/C14H28N2O2/c1-6-13(7-2,11(15)17)10(5)14(8-3,9-4)12(16)18/h10H,6-9H2,1-5H3,(H2,15,17)(H2,16,18). The highest BCUT2D eigenvalue weighted by molar-refractivity contribution is 5.85. The molecule has 0 unspecified atom stereocenters. The number of carbonyl (C=O) groups is 2. The van der Waals surface area contributed by atoms with Gasteiger partial charge < -0.3 is 11.5 Å². The molecule has 106 valence electrons. The maximum Gasteiger partial charge on any atom is 0.223 e. The Labute approximate surface area is 110 Å². The van der Waals surface area contributed by atoms with Crippen molar-refractivity contribution < 1.29 is 9.59 Å². The average Bonchev–Trinajstić information content (AvgIpc) is 2.32. The molecular formula is C14H28N2O2. The molecule has 2 amide bonds. The predicted molar refractivity (Wildman–Crippen MR) is 73.6 cm³/mol. The first-order chi connectivity index (χ1) is 8.28. The zero-order valence-electron chi connectivity index (χ0n) is 12.4. The van der Waals surface area contributed by atoms with Gasteiger partial charge in [0, 0.05) is 0 Å². The van der Waals surface area contributed by atoms with Gasteiger partial charge in [-0.15, -0.1) is 0 Å². The molecule has 0 bridgehead atoms. The van der Waals surface area contributed by atoms with E-state index in [0.717, 1.165) is 0 Å². The van der Waals surface area contributed by atoms with Gasteiger partial charge in [-0.25, -0.2) is 0 Å². The second kappa shape index (κ2) is 6.21. The second-order valence-electron chi connectivity index (χ2n) is 5.18. The molecule has 0 aliphatic carbocycles. The third-order valence-corrected chi connectivity index (χ3v) is 5.16.